The average molecular weight is 403 g/mol. The molecule has 1 amide bonds. The van der Waals surface area contributed by atoms with Gasteiger partial charge in [-0.15, -0.1) is 0 Å². The molecule has 0 saturated heterocycles. The Balaban J connectivity index is 2.63. The zero-order valence-corrected chi connectivity index (χ0v) is 17.0. The lowest BCUT2D eigenvalue weighted by Crippen LogP contribution is -2.49. The number of ether oxygens (including phenoxy) is 1. The van der Waals surface area contributed by atoms with Gasteiger partial charge in [0.25, 0.3) is 5.91 Å². The summed E-state index contributed by atoms with van der Waals surface area (Å²) in [5.41, 5.74) is 5.33. The lowest BCUT2D eigenvalue weighted by Gasteiger charge is -2.16. The monoisotopic (exact) mass is 402 g/mol. The number of nitrogens with one attached hydrogen (secondary N) is 4. The van der Waals surface area contributed by atoms with E-state index < -0.39 is 15.9 Å². The van der Waals surface area contributed by atoms with Gasteiger partial charge >= 0.3 is 0 Å². The first-order valence-corrected chi connectivity index (χ1v) is 10.1. The molecule has 0 bridgehead atoms. The van der Waals surface area contributed by atoms with Crippen molar-refractivity contribution in [3.05, 3.63) is 29.8 Å². The maximum atomic E-state index is 12.2. The van der Waals surface area contributed by atoms with Crippen molar-refractivity contribution >= 4 is 33.3 Å². The predicted molar refractivity (Wildman–Crippen MR) is 104 cm³/mol. The summed E-state index contributed by atoms with van der Waals surface area (Å²) in [6.45, 7) is 6.03. The first kappa shape index (κ1) is 22.3. The van der Waals surface area contributed by atoms with E-state index in [-0.39, 0.29) is 22.1 Å². The highest BCUT2D eigenvalue weighted by atomic mass is 32.2. The van der Waals surface area contributed by atoms with Crippen molar-refractivity contribution in [3.63, 3.8) is 0 Å². The third-order valence-corrected chi connectivity index (χ3v) is 5.30. The summed E-state index contributed by atoms with van der Waals surface area (Å²) in [5, 5.41) is 3.18. The number of hydrazine groups is 1. The molecule has 0 saturated carbocycles. The van der Waals surface area contributed by atoms with Gasteiger partial charge in [-0.3, -0.25) is 15.6 Å². The normalized spacial score (nSPS) is 13.5. The van der Waals surface area contributed by atoms with Gasteiger partial charge in [0.1, 0.15) is 0 Å². The number of methoxy groups -OCH3 is 1. The molecule has 0 aliphatic heterocycles. The number of amides is 1. The van der Waals surface area contributed by atoms with Crippen LogP contribution >= 0.6 is 12.2 Å². The first-order chi connectivity index (χ1) is 12.2. The van der Waals surface area contributed by atoms with Crippen molar-refractivity contribution in [1.29, 1.82) is 0 Å². The second-order valence-electron chi connectivity index (χ2n) is 5.86. The second kappa shape index (κ2) is 10.4. The van der Waals surface area contributed by atoms with E-state index in [1.807, 2.05) is 13.8 Å². The lowest BCUT2D eigenvalue weighted by atomic mass is 10.2. The SMILES string of the molecule is CC[C@@H](C)NS(=O)(=O)c1ccc(C(=O)NNC(=S)N[C@H](C)COC)cc1. The van der Waals surface area contributed by atoms with Gasteiger partial charge in [-0.05, 0) is 56.8 Å². The molecule has 10 heteroatoms. The summed E-state index contributed by atoms with van der Waals surface area (Å²) in [7, 11) is -2.02. The number of thiocarbonyl (C=S) groups is 1. The van der Waals surface area contributed by atoms with Crippen molar-refractivity contribution < 1.29 is 17.9 Å². The number of rotatable bonds is 8. The van der Waals surface area contributed by atoms with Gasteiger partial charge in [0.15, 0.2) is 5.11 Å². The Bertz CT molecular complexity index is 707. The zero-order chi connectivity index (χ0) is 19.7. The van der Waals surface area contributed by atoms with Crippen LogP contribution in [-0.4, -0.2) is 45.2 Å². The van der Waals surface area contributed by atoms with Crippen molar-refractivity contribution in [2.24, 2.45) is 0 Å². The molecule has 0 unspecified atom stereocenters. The number of hydrogen-bond donors (Lipinski definition) is 4. The molecule has 1 aromatic carbocycles. The van der Waals surface area contributed by atoms with Crippen LogP contribution < -0.4 is 20.9 Å². The van der Waals surface area contributed by atoms with Gasteiger partial charge in [-0.2, -0.15) is 0 Å². The van der Waals surface area contributed by atoms with Crippen molar-refractivity contribution in [3.8, 4) is 0 Å². The highest BCUT2D eigenvalue weighted by molar-refractivity contribution is 7.89. The van der Waals surface area contributed by atoms with Gasteiger partial charge in [0.2, 0.25) is 10.0 Å². The largest absolute Gasteiger partial charge is 0.383 e. The molecule has 4 N–H and O–H groups in total. The molecule has 0 aromatic heterocycles. The molecule has 146 valence electrons. The highest BCUT2D eigenvalue weighted by Crippen LogP contribution is 2.11. The van der Waals surface area contributed by atoms with Crippen LogP contribution in [-0.2, 0) is 14.8 Å². The Morgan fingerprint density at radius 1 is 1.15 bits per heavy atom. The Morgan fingerprint density at radius 3 is 2.31 bits per heavy atom. The van der Waals surface area contributed by atoms with Crippen LogP contribution in [0.15, 0.2) is 29.2 Å². The van der Waals surface area contributed by atoms with Crippen LogP contribution in [0.1, 0.15) is 37.6 Å². The Morgan fingerprint density at radius 2 is 1.77 bits per heavy atom. The Kier molecular flexibility index (Phi) is 8.93. The van der Waals surface area contributed by atoms with E-state index in [2.05, 4.69) is 20.9 Å². The Labute approximate surface area is 160 Å². The van der Waals surface area contributed by atoms with E-state index >= 15 is 0 Å². The van der Waals surface area contributed by atoms with Crippen LogP contribution in [0.5, 0.6) is 0 Å². The van der Waals surface area contributed by atoms with Gasteiger partial charge in [-0.1, -0.05) is 6.92 Å². The molecule has 1 aromatic rings. The zero-order valence-electron chi connectivity index (χ0n) is 15.3. The van der Waals surface area contributed by atoms with Gasteiger partial charge in [-0.25, -0.2) is 13.1 Å². The molecule has 0 spiro atoms. The topological polar surface area (TPSA) is 109 Å². The first-order valence-electron chi connectivity index (χ1n) is 8.17. The third kappa shape index (κ3) is 7.24. The summed E-state index contributed by atoms with van der Waals surface area (Å²) < 4.78 is 31.9. The molecular weight excluding hydrogens is 376 g/mol. The maximum absolute atomic E-state index is 12.2. The number of carbonyl (C=O) groups is 1. The summed E-state index contributed by atoms with van der Waals surface area (Å²) in [6.07, 6.45) is 0.683. The second-order valence-corrected chi connectivity index (χ2v) is 7.99. The van der Waals surface area contributed by atoms with E-state index in [1.165, 1.54) is 24.3 Å². The minimum absolute atomic E-state index is 0.0144. The summed E-state index contributed by atoms with van der Waals surface area (Å²) in [4.78, 5) is 12.2. The highest BCUT2D eigenvalue weighted by Gasteiger charge is 2.17. The van der Waals surface area contributed by atoms with Crippen LogP contribution in [0.25, 0.3) is 0 Å². The number of benzene rings is 1. The van der Waals surface area contributed by atoms with E-state index in [0.717, 1.165) is 0 Å². The van der Waals surface area contributed by atoms with E-state index in [9.17, 15) is 13.2 Å². The van der Waals surface area contributed by atoms with Crippen LogP contribution in [0.2, 0.25) is 0 Å². The quantitative estimate of drug-likeness (QED) is 0.378. The molecule has 0 fully saturated rings. The van der Waals surface area contributed by atoms with Gasteiger partial charge < -0.3 is 10.1 Å². The molecule has 0 radical (unpaired) electrons. The number of hydrogen-bond acceptors (Lipinski definition) is 5. The predicted octanol–water partition coefficient (Wildman–Crippen LogP) is 0.907. The fourth-order valence-corrected chi connectivity index (χ4v) is 3.52. The van der Waals surface area contributed by atoms with Gasteiger partial charge in [0.05, 0.1) is 11.5 Å². The Hall–Kier alpha value is -1.75. The smallest absolute Gasteiger partial charge is 0.269 e. The fraction of sp³-hybridized carbons (Fsp3) is 0.500. The minimum atomic E-state index is -3.60. The van der Waals surface area contributed by atoms with E-state index in [1.54, 1.807) is 14.0 Å². The lowest BCUT2D eigenvalue weighted by molar-refractivity contribution is 0.0943. The molecule has 0 aliphatic carbocycles. The summed E-state index contributed by atoms with van der Waals surface area (Å²) >= 11 is 5.05. The van der Waals surface area contributed by atoms with E-state index in [0.29, 0.717) is 18.6 Å². The molecule has 1 rings (SSSR count). The molecule has 26 heavy (non-hydrogen) atoms. The summed E-state index contributed by atoms with van der Waals surface area (Å²) in [5.74, 6) is -0.438. The van der Waals surface area contributed by atoms with E-state index in [4.69, 9.17) is 17.0 Å². The average Bonchev–Trinajstić information content (AvgIpc) is 2.59. The maximum Gasteiger partial charge on any atom is 0.269 e. The van der Waals surface area contributed by atoms with Crippen LogP contribution in [0.3, 0.4) is 0 Å². The molecule has 2 atom stereocenters. The molecule has 8 nitrogen and oxygen atoms in total. The van der Waals surface area contributed by atoms with Crippen LogP contribution in [0.4, 0.5) is 0 Å². The number of sulfonamides is 1. The summed E-state index contributed by atoms with van der Waals surface area (Å²) in [6, 6.07) is 5.46. The third-order valence-electron chi connectivity index (χ3n) is 3.48. The standard InChI is InChI=1S/C16H26N4O4S2/c1-5-11(2)20-26(22,23)14-8-6-13(7-9-14)15(21)18-19-16(25)17-12(3)10-24-4/h6-9,11-12,20H,5,10H2,1-4H3,(H,18,21)(H2,17,19,25)/t11-,12-/m1/s1. The van der Waals surface area contributed by atoms with Gasteiger partial charge in [0, 0.05) is 24.8 Å². The molecular formula is C16H26N4O4S2. The van der Waals surface area contributed by atoms with Crippen molar-refractivity contribution in [1.82, 2.24) is 20.9 Å². The van der Waals surface area contributed by atoms with Crippen molar-refractivity contribution in [2.45, 2.75) is 44.2 Å². The number of carbonyl (C=O) groups excluding carboxylic acids is 1. The molecule has 0 aliphatic rings. The fourth-order valence-electron chi connectivity index (χ4n) is 1.94. The minimum Gasteiger partial charge on any atom is -0.383 e. The molecule has 0 heterocycles. The van der Waals surface area contributed by atoms with Crippen molar-refractivity contribution in [2.75, 3.05) is 13.7 Å². The van der Waals surface area contributed by atoms with Crippen LogP contribution in [0, 0.1) is 0 Å².